The number of fused-ring (bicyclic) bond motifs is 2. The predicted octanol–water partition coefficient (Wildman–Crippen LogP) is 3.27. The lowest BCUT2D eigenvalue weighted by Gasteiger charge is -2.38. The molecule has 1 unspecified atom stereocenters. The largest absolute Gasteiger partial charge is 0.465 e. The second-order valence-electron chi connectivity index (χ2n) is 10.1. The molecule has 8 nitrogen and oxygen atoms in total. The fourth-order valence-electron chi connectivity index (χ4n) is 6.40. The first-order chi connectivity index (χ1) is 17.9. The number of hydrogen-bond acceptors (Lipinski definition) is 6. The number of carbonyl (C=O) groups is 3. The zero-order valence-electron chi connectivity index (χ0n) is 21.0. The highest BCUT2D eigenvalue weighted by atomic mass is 35.5. The number of anilines is 1. The lowest BCUT2D eigenvalue weighted by atomic mass is 9.73. The van der Waals surface area contributed by atoms with Gasteiger partial charge in [-0.05, 0) is 44.2 Å². The number of benzene rings is 1. The number of unbranched alkanes of at least 4 members (excludes halogenated alkanes) is 1. The Morgan fingerprint density at radius 2 is 1.89 bits per heavy atom. The maximum absolute atomic E-state index is 14.3. The van der Waals surface area contributed by atoms with Crippen LogP contribution in [0.1, 0.15) is 39.0 Å². The van der Waals surface area contributed by atoms with Crippen molar-refractivity contribution in [2.45, 2.75) is 56.3 Å². The summed E-state index contributed by atoms with van der Waals surface area (Å²) in [5, 5.41) is 9.78. The van der Waals surface area contributed by atoms with Gasteiger partial charge in [0.1, 0.15) is 23.2 Å². The summed E-state index contributed by atoms with van der Waals surface area (Å²) in [5.41, 5.74) is -1.86. The maximum Gasteiger partial charge on any atom is 0.313 e. The molecule has 0 bridgehead atoms. The van der Waals surface area contributed by atoms with E-state index in [1.165, 1.54) is 0 Å². The monoisotopic (exact) mass is 528 g/mol. The number of aliphatic hydroxyl groups excluding tert-OH is 1. The van der Waals surface area contributed by atoms with E-state index in [1.54, 1.807) is 28.0 Å². The number of cyclic esters (lactones) is 1. The first-order valence-electron chi connectivity index (χ1n) is 13.1. The van der Waals surface area contributed by atoms with Gasteiger partial charge in [0.2, 0.25) is 5.91 Å². The molecule has 37 heavy (non-hydrogen) atoms. The zero-order chi connectivity index (χ0) is 26.2. The molecule has 2 saturated heterocycles. The fraction of sp³-hybridized carbons (Fsp3) is 0.536. The number of ether oxygens (including phenoxy) is 2. The van der Waals surface area contributed by atoms with Crippen LogP contribution in [0.3, 0.4) is 0 Å². The molecule has 1 aromatic rings. The van der Waals surface area contributed by atoms with E-state index < -0.39 is 35.0 Å². The van der Waals surface area contributed by atoms with E-state index in [0.29, 0.717) is 36.4 Å². The maximum atomic E-state index is 14.3. The van der Waals surface area contributed by atoms with Crippen LogP contribution in [0.5, 0.6) is 0 Å². The Morgan fingerprint density at radius 1 is 1.08 bits per heavy atom. The van der Waals surface area contributed by atoms with E-state index in [0.717, 1.165) is 6.42 Å². The van der Waals surface area contributed by atoms with Gasteiger partial charge in [0.05, 0.1) is 23.2 Å². The van der Waals surface area contributed by atoms with Crippen LogP contribution in [-0.2, 0) is 23.9 Å². The topological polar surface area (TPSA) is 96.4 Å². The lowest BCUT2D eigenvalue weighted by Crippen LogP contribution is -2.56. The Morgan fingerprint density at radius 3 is 2.65 bits per heavy atom. The first-order valence-corrected chi connectivity index (χ1v) is 13.5. The average molecular weight is 529 g/mol. The number of halogens is 1. The van der Waals surface area contributed by atoms with Crippen LogP contribution < -0.4 is 4.90 Å². The summed E-state index contributed by atoms with van der Waals surface area (Å²) in [6.45, 7) is 2.69. The summed E-state index contributed by atoms with van der Waals surface area (Å²) in [6, 6.07) is 6.11. The average Bonchev–Trinajstić information content (AvgIpc) is 3.26. The molecule has 0 radical (unpaired) electrons. The van der Waals surface area contributed by atoms with Gasteiger partial charge in [0.25, 0.3) is 5.91 Å². The van der Waals surface area contributed by atoms with Crippen molar-refractivity contribution in [2.75, 3.05) is 31.2 Å². The van der Waals surface area contributed by atoms with Crippen molar-refractivity contribution in [3.8, 4) is 0 Å². The molecule has 1 aromatic carbocycles. The SMILES string of the molecule is CC[C@@]12/C=C\CCCOC(=O)[C@@H]1[C@H]1C(=O)N(CCCCO)C3C(=O)N(c4ccccc4Cl)CC=C[C@@]31O2. The van der Waals surface area contributed by atoms with E-state index in [9.17, 15) is 19.5 Å². The second kappa shape index (κ2) is 10.2. The number of carbonyl (C=O) groups excluding carboxylic acids is 3. The van der Waals surface area contributed by atoms with Crippen LogP contribution in [0.2, 0.25) is 5.02 Å². The Labute approximate surface area is 221 Å². The molecule has 0 aliphatic carbocycles. The molecule has 5 rings (SSSR count). The number of esters is 1. The molecular weight excluding hydrogens is 496 g/mol. The first kappa shape index (κ1) is 25.9. The molecule has 9 heteroatoms. The molecule has 4 heterocycles. The molecule has 0 aromatic heterocycles. The lowest BCUT2D eigenvalue weighted by molar-refractivity contribution is -0.159. The summed E-state index contributed by atoms with van der Waals surface area (Å²) in [5.74, 6) is -2.87. The summed E-state index contributed by atoms with van der Waals surface area (Å²) < 4.78 is 12.5. The van der Waals surface area contributed by atoms with Crippen LogP contribution in [-0.4, -0.2) is 71.3 Å². The zero-order valence-corrected chi connectivity index (χ0v) is 21.7. The van der Waals surface area contributed by atoms with Crippen molar-refractivity contribution in [1.29, 1.82) is 0 Å². The Bertz CT molecular complexity index is 1140. The molecule has 1 N–H and O–H groups in total. The van der Waals surface area contributed by atoms with E-state index >= 15 is 0 Å². The molecule has 2 amide bonds. The minimum atomic E-state index is -1.34. The summed E-state index contributed by atoms with van der Waals surface area (Å²) in [7, 11) is 0. The fourth-order valence-corrected chi connectivity index (χ4v) is 6.63. The molecule has 4 aliphatic rings. The van der Waals surface area contributed by atoms with Crippen molar-refractivity contribution in [3.05, 3.63) is 53.6 Å². The third-order valence-corrected chi connectivity index (χ3v) is 8.40. The molecular formula is C28H33ClN2O6. The molecule has 5 atom stereocenters. The Kier molecular flexibility index (Phi) is 7.18. The molecule has 0 saturated carbocycles. The standard InChI is InChI=1S/C28H33ClN2O6/c1-2-27-13-6-3-9-18-36-26(35)22(27)21-24(33)31(15-7-8-17-32)23-25(34)30(16-10-14-28(21,23)37-27)20-12-5-4-11-19(20)29/h4-6,10-14,21-23,32H,2-3,7-9,15-18H2,1H3/b13-6-/t21-,22-,23?,27+,28-/m0/s1. The van der Waals surface area contributed by atoms with Gasteiger partial charge in [-0.1, -0.05) is 55.0 Å². The van der Waals surface area contributed by atoms with Gasteiger partial charge in [0.15, 0.2) is 0 Å². The van der Waals surface area contributed by atoms with Gasteiger partial charge in [-0.15, -0.1) is 0 Å². The van der Waals surface area contributed by atoms with Gasteiger partial charge in [0, 0.05) is 19.7 Å². The molecule has 1 spiro atoms. The molecule has 2 fully saturated rings. The van der Waals surface area contributed by atoms with Crippen LogP contribution in [0, 0.1) is 11.8 Å². The van der Waals surface area contributed by atoms with Crippen molar-refractivity contribution in [2.24, 2.45) is 11.8 Å². The summed E-state index contributed by atoms with van der Waals surface area (Å²) in [6.07, 6.45) is 10.4. The highest BCUT2D eigenvalue weighted by Crippen LogP contribution is 2.58. The van der Waals surface area contributed by atoms with E-state index in [-0.39, 0.29) is 38.1 Å². The van der Waals surface area contributed by atoms with Crippen molar-refractivity contribution in [3.63, 3.8) is 0 Å². The number of rotatable bonds is 6. The van der Waals surface area contributed by atoms with Gasteiger partial charge in [-0.3, -0.25) is 14.4 Å². The van der Waals surface area contributed by atoms with Crippen LogP contribution >= 0.6 is 11.6 Å². The van der Waals surface area contributed by atoms with Crippen LogP contribution in [0.4, 0.5) is 5.69 Å². The predicted molar refractivity (Wildman–Crippen MR) is 138 cm³/mol. The quantitative estimate of drug-likeness (QED) is 0.346. The van der Waals surface area contributed by atoms with Crippen molar-refractivity contribution >= 4 is 35.1 Å². The van der Waals surface area contributed by atoms with Gasteiger partial charge in [-0.2, -0.15) is 0 Å². The normalized spacial score (nSPS) is 34.1. The number of allylic oxidation sites excluding steroid dienone is 1. The molecule has 4 aliphatic heterocycles. The number of para-hydroxylation sites is 1. The highest BCUT2D eigenvalue weighted by molar-refractivity contribution is 6.34. The van der Waals surface area contributed by atoms with E-state index in [2.05, 4.69) is 0 Å². The number of hydrogen-bond donors (Lipinski definition) is 1. The van der Waals surface area contributed by atoms with E-state index in [1.807, 2.05) is 37.3 Å². The number of likely N-dealkylation sites (tertiary alicyclic amines) is 1. The van der Waals surface area contributed by atoms with Crippen LogP contribution in [0.15, 0.2) is 48.6 Å². The Hall–Kier alpha value is -2.68. The second-order valence-corrected chi connectivity index (χ2v) is 10.5. The van der Waals surface area contributed by atoms with Gasteiger partial charge in [-0.25, -0.2) is 0 Å². The van der Waals surface area contributed by atoms with E-state index in [4.69, 9.17) is 21.1 Å². The van der Waals surface area contributed by atoms with Crippen LogP contribution in [0.25, 0.3) is 0 Å². The third-order valence-electron chi connectivity index (χ3n) is 8.08. The number of nitrogens with zero attached hydrogens (tertiary/aromatic N) is 2. The number of amides is 2. The van der Waals surface area contributed by atoms with Gasteiger partial charge < -0.3 is 24.4 Å². The Balaban J connectivity index is 1.65. The summed E-state index contributed by atoms with van der Waals surface area (Å²) in [4.78, 5) is 45.2. The summed E-state index contributed by atoms with van der Waals surface area (Å²) >= 11 is 6.48. The number of aliphatic hydroxyl groups is 1. The smallest absolute Gasteiger partial charge is 0.313 e. The van der Waals surface area contributed by atoms with Gasteiger partial charge >= 0.3 is 5.97 Å². The highest BCUT2D eigenvalue weighted by Gasteiger charge is 2.75. The van der Waals surface area contributed by atoms with Crippen molar-refractivity contribution < 1.29 is 29.0 Å². The minimum Gasteiger partial charge on any atom is -0.465 e. The minimum absolute atomic E-state index is 0.0178. The van der Waals surface area contributed by atoms with Crippen molar-refractivity contribution in [1.82, 2.24) is 4.90 Å². The third kappa shape index (κ3) is 4.10. The molecule has 198 valence electrons.